The molecule has 0 unspecified atom stereocenters. The van der Waals surface area contributed by atoms with Crippen molar-refractivity contribution in [3.05, 3.63) is 18.7 Å². The molecule has 6 heteroatoms. The maximum atomic E-state index is 11.3. The Kier molecular flexibility index (Phi) is 5.19. The Hall–Kier alpha value is -1.85. The predicted molar refractivity (Wildman–Crippen MR) is 61.4 cm³/mol. The first-order chi connectivity index (χ1) is 8.09. The van der Waals surface area contributed by atoms with Gasteiger partial charge in [0, 0.05) is 39.0 Å². The zero-order valence-corrected chi connectivity index (χ0v) is 9.87. The van der Waals surface area contributed by atoms with E-state index in [2.05, 4.69) is 4.98 Å². The van der Waals surface area contributed by atoms with Crippen molar-refractivity contribution in [1.29, 1.82) is 0 Å². The summed E-state index contributed by atoms with van der Waals surface area (Å²) in [6.45, 7) is 3.07. The van der Waals surface area contributed by atoms with E-state index in [1.165, 1.54) is 6.92 Å². The summed E-state index contributed by atoms with van der Waals surface area (Å²) in [7, 11) is 0. The number of nitrogens with zero attached hydrogens (tertiary/aromatic N) is 3. The van der Waals surface area contributed by atoms with Crippen LogP contribution in [0.25, 0.3) is 0 Å². The molecule has 17 heavy (non-hydrogen) atoms. The van der Waals surface area contributed by atoms with Crippen LogP contribution in [0.15, 0.2) is 18.7 Å². The second-order valence-corrected chi connectivity index (χ2v) is 3.80. The highest BCUT2D eigenvalue weighted by Gasteiger charge is 2.09. The quantitative estimate of drug-likeness (QED) is 0.756. The largest absolute Gasteiger partial charge is 0.481 e. The molecular formula is C11H17N3O3. The fourth-order valence-corrected chi connectivity index (χ4v) is 1.52. The minimum Gasteiger partial charge on any atom is -0.481 e. The zero-order valence-electron chi connectivity index (χ0n) is 9.87. The number of hydrogen-bond acceptors (Lipinski definition) is 3. The highest BCUT2D eigenvalue weighted by Crippen LogP contribution is 1.98. The van der Waals surface area contributed by atoms with E-state index in [0.29, 0.717) is 6.54 Å². The number of carboxylic acids is 1. The highest BCUT2D eigenvalue weighted by molar-refractivity contribution is 5.74. The van der Waals surface area contributed by atoms with Crippen LogP contribution in [0, 0.1) is 0 Å². The van der Waals surface area contributed by atoms with Gasteiger partial charge in [-0.25, -0.2) is 4.98 Å². The summed E-state index contributed by atoms with van der Waals surface area (Å²) >= 11 is 0. The van der Waals surface area contributed by atoms with E-state index in [4.69, 9.17) is 5.11 Å². The van der Waals surface area contributed by atoms with Crippen molar-refractivity contribution in [2.24, 2.45) is 0 Å². The second kappa shape index (κ2) is 6.67. The summed E-state index contributed by atoms with van der Waals surface area (Å²) < 4.78 is 1.93. The molecule has 0 saturated heterocycles. The summed E-state index contributed by atoms with van der Waals surface area (Å²) in [5.41, 5.74) is 0. The fraction of sp³-hybridized carbons (Fsp3) is 0.545. The molecule has 0 aliphatic carbocycles. The number of rotatable bonds is 7. The molecule has 1 aromatic heterocycles. The third kappa shape index (κ3) is 5.14. The van der Waals surface area contributed by atoms with Crippen LogP contribution in [0.5, 0.6) is 0 Å². The summed E-state index contributed by atoms with van der Waals surface area (Å²) in [5.74, 6) is -0.970. The van der Waals surface area contributed by atoms with Gasteiger partial charge in [-0.15, -0.1) is 0 Å². The number of hydrogen-bond donors (Lipinski definition) is 1. The van der Waals surface area contributed by atoms with Crippen LogP contribution < -0.4 is 0 Å². The molecular weight excluding hydrogens is 222 g/mol. The molecule has 0 radical (unpaired) electrons. The molecule has 1 aromatic rings. The van der Waals surface area contributed by atoms with Crippen molar-refractivity contribution in [1.82, 2.24) is 14.5 Å². The van der Waals surface area contributed by atoms with E-state index < -0.39 is 5.97 Å². The third-order valence-electron chi connectivity index (χ3n) is 2.44. The molecule has 1 amide bonds. The third-order valence-corrected chi connectivity index (χ3v) is 2.44. The van der Waals surface area contributed by atoms with Crippen LogP contribution in [0.1, 0.15) is 19.8 Å². The van der Waals surface area contributed by atoms with Crippen LogP contribution in [0.3, 0.4) is 0 Å². The summed E-state index contributed by atoms with van der Waals surface area (Å²) in [6, 6.07) is 0. The van der Waals surface area contributed by atoms with Gasteiger partial charge in [-0.05, 0) is 6.42 Å². The van der Waals surface area contributed by atoms with Gasteiger partial charge in [0.2, 0.25) is 5.91 Å². The fourth-order valence-electron chi connectivity index (χ4n) is 1.52. The van der Waals surface area contributed by atoms with E-state index in [0.717, 1.165) is 13.0 Å². The van der Waals surface area contributed by atoms with Gasteiger partial charge in [0.15, 0.2) is 0 Å². The summed E-state index contributed by atoms with van der Waals surface area (Å²) in [4.78, 5) is 27.2. The lowest BCUT2D eigenvalue weighted by molar-refractivity contribution is -0.138. The number of imidazole rings is 1. The Bertz CT molecular complexity index is 362. The number of aromatic nitrogens is 2. The molecule has 94 valence electrons. The maximum Gasteiger partial charge on any atom is 0.305 e. The molecule has 1 heterocycles. The normalized spacial score (nSPS) is 10.2. The molecule has 1 N–H and O–H groups in total. The van der Waals surface area contributed by atoms with E-state index >= 15 is 0 Å². The smallest absolute Gasteiger partial charge is 0.305 e. The van der Waals surface area contributed by atoms with Gasteiger partial charge in [-0.3, -0.25) is 9.59 Å². The predicted octanol–water partition coefficient (Wildman–Crippen LogP) is 0.596. The Morgan fingerprint density at radius 2 is 2.18 bits per heavy atom. The van der Waals surface area contributed by atoms with Crippen LogP contribution in [-0.2, 0) is 16.1 Å². The molecule has 0 aliphatic heterocycles. The number of aliphatic carboxylic acids is 1. The average Bonchev–Trinajstić information content (AvgIpc) is 2.74. The van der Waals surface area contributed by atoms with Crippen molar-refractivity contribution in [3.63, 3.8) is 0 Å². The van der Waals surface area contributed by atoms with Crippen LogP contribution in [0.2, 0.25) is 0 Å². The van der Waals surface area contributed by atoms with Gasteiger partial charge < -0.3 is 14.6 Å². The van der Waals surface area contributed by atoms with Crippen LogP contribution in [-0.4, -0.2) is 44.5 Å². The lowest BCUT2D eigenvalue weighted by Gasteiger charge is -2.20. The van der Waals surface area contributed by atoms with E-state index in [1.54, 1.807) is 17.4 Å². The lowest BCUT2D eigenvalue weighted by atomic mass is 10.3. The number of carbonyl (C=O) groups is 2. The van der Waals surface area contributed by atoms with E-state index in [-0.39, 0.29) is 18.9 Å². The standard InChI is InChI=1S/C11H17N3O3/c1-10(15)14(7-3-11(16)17)6-2-5-13-8-4-12-9-13/h4,8-9H,2-3,5-7H2,1H3,(H,16,17). The Labute approximate surface area is 99.9 Å². The summed E-state index contributed by atoms with van der Waals surface area (Å²) in [6.07, 6.45) is 6.05. The molecule has 0 aromatic carbocycles. The van der Waals surface area contributed by atoms with E-state index in [9.17, 15) is 9.59 Å². The minimum atomic E-state index is -0.883. The second-order valence-electron chi connectivity index (χ2n) is 3.80. The van der Waals surface area contributed by atoms with Crippen molar-refractivity contribution in [3.8, 4) is 0 Å². The molecule has 0 bridgehead atoms. The molecule has 0 saturated carbocycles. The van der Waals surface area contributed by atoms with Gasteiger partial charge >= 0.3 is 5.97 Å². The topological polar surface area (TPSA) is 75.4 Å². The first kappa shape index (κ1) is 13.2. The molecule has 6 nitrogen and oxygen atoms in total. The average molecular weight is 239 g/mol. The first-order valence-electron chi connectivity index (χ1n) is 5.52. The lowest BCUT2D eigenvalue weighted by Crippen LogP contribution is -2.32. The maximum absolute atomic E-state index is 11.3. The Morgan fingerprint density at radius 3 is 2.71 bits per heavy atom. The van der Waals surface area contributed by atoms with Crippen molar-refractivity contribution >= 4 is 11.9 Å². The van der Waals surface area contributed by atoms with Gasteiger partial charge in [0.25, 0.3) is 0 Å². The number of carboxylic acid groups (broad SMARTS) is 1. The van der Waals surface area contributed by atoms with Crippen molar-refractivity contribution in [2.45, 2.75) is 26.3 Å². The SMILES string of the molecule is CC(=O)N(CCCn1ccnc1)CCC(=O)O. The highest BCUT2D eigenvalue weighted by atomic mass is 16.4. The molecule has 0 spiro atoms. The molecule has 1 rings (SSSR count). The Balaban J connectivity index is 2.29. The molecule has 0 atom stereocenters. The van der Waals surface area contributed by atoms with Crippen molar-refractivity contribution in [2.75, 3.05) is 13.1 Å². The van der Waals surface area contributed by atoms with Gasteiger partial charge in [-0.1, -0.05) is 0 Å². The molecule has 0 aliphatic rings. The van der Waals surface area contributed by atoms with Crippen LogP contribution >= 0.6 is 0 Å². The first-order valence-corrected chi connectivity index (χ1v) is 5.52. The van der Waals surface area contributed by atoms with Gasteiger partial charge in [0.1, 0.15) is 0 Å². The summed E-state index contributed by atoms with van der Waals surface area (Å²) in [5, 5.41) is 8.57. The van der Waals surface area contributed by atoms with Gasteiger partial charge in [-0.2, -0.15) is 0 Å². The number of amides is 1. The zero-order chi connectivity index (χ0) is 12.7. The van der Waals surface area contributed by atoms with E-state index in [1.807, 2.05) is 10.8 Å². The van der Waals surface area contributed by atoms with Crippen LogP contribution in [0.4, 0.5) is 0 Å². The minimum absolute atomic E-state index is 0.00927. The Morgan fingerprint density at radius 1 is 1.41 bits per heavy atom. The number of carbonyl (C=O) groups excluding carboxylic acids is 1. The molecule has 0 fully saturated rings. The monoisotopic (exact) mass is 239 g/mol. The number of aryl methyl sites for hydroxylation is 1. The van der Waals surface area contributed by atoms with Crippen molar-refractivity contribution < 1.29 is 14.7 Å². The van der Waals surface area contributed by atoms with Gasteiger partial charge in [0.05, 0.1) is 12.7 Å².